The van der Waals surface area contributed by atoms with E-state index in [-0.39, 0.29) is 18.4 Å². The molecule has 0 aliphatic carbocycles. The topological polar surface area (TPSA) is 119 Å². The molecule has 1 fully saturated rings. The Morgan fingerprint density at radius 2 is 1.70 bits per heavy atom. The number of carbonyl (C=O) groups is 3. The molecule has 1 aliphatic rings. The monoisotopic (exact) mass is 453 g/mol. The van der Waals surface area contributed by atoms with Gasteiger partial charge in [0.05, 0.1) is 18.7 Å². The van der Waals surface area contributed by atoms with Crippen LogP contribution in [0.3, 0.4) is 0 Å². The summed E-state index contributed by atoms with van der Waals surface area (Å²) in [6.45, 7) is 0.811. The van der Waals surface area contributed by atoms with Gasteiger partial charge in [-0.1, -0.05) is 48.5 Å². The normalized spacial score (nSPS) is 17.4. The molecule has 33 heavy (non-hydrogen) atoms. The molecule has 176 valence electrons. The first kappa shape index (κ1) is 24.4. The molecule has 8 heteroatoms. The Kier molecular flexibility index (Phi) is 8.97. The van der Waals surface area contributed by atoms with Crippen LogP contribution in [0.1, 0.15) is 35.2 Å². The van der Waals surface area contributed by atoms with Crippen LogP contribution in [0.25, 0.3) is 0 Å². The third-order valence-electron chi connectivity index (χ3n) is 5.87. The van der Waals surface area contributed by atoms with Crippen molar-refractivity contribution in [2.45, 2.75) is 43.9 Å². The van der Waals surface area contributed by atoms with Crippen molar-refractivity contribution in [3.05, 3.63) is 71.8 Å². The van der Waals surface area contributed by atoms with Crippen LogP contribution < -0.4 is 10.6 Å². The lowest BCUT2D eigenvalue weighted by atomic mass is 9.98. The first-order valence-electron chi connectivity index (χ1n) is 11.3. The minimum Gasteiger partial charge on any atom is -0.480 e. The molecule has 2 aromatic carbocycles. The molecule has 0 unspecified atom stereocenters. The second-order valence-corrected chi connectivity index (χ2v) is 8.25. The number of amides is 2. The van der Waals surface area contributed by atoms with E-state index in [1.54, 1.807) is 24.3 Å². The highest BCUT2D eigenvalue weighted by Crippen LogP contribution is 2.17. The Hall–Kier alpha value is -3.23. The zero-order valence-corrected chi connectivity index (χ0v) is 18.5. The van der Waals surface area contributed by atoms with Crippen molar-refractivity contribution in [3.8, 4) is 0 Å². The molecule has 0 bridgehead atoms. The molecule has 0 saturated carbocycles. The second-order valence-electron chi connectivity index (χ2n) is 8.25. The lowest BCUT2D eigenvalue weighted by Crippen LogP contribution is -2.47. The van der Waals surface area contributed by atoms with Gasteiger partial charge in [-0.25, -0.2) is 4.79 Å². The summed E-state index contributed by atoms with van der Waals surface area (Å²) in [5.74, 6) is -1.49. The summed E-state index contributed by atoms with van der Waals surface area (Å²) in [5, 5.41) is 26.0. The van der Waals surface area contributed by atoms with Crippen molar-refractivity contribution >= 4 is 17.8 Å². The average Bonchev–Trinajstić information content (AvgIpc) is 3.33. The van der Waals surface area contributed by atoms with Gasteiger partial charge in [0.1, 0.15) is 6.04 Å². The Morgan fingerprint density at radius 1 is 1.03 bits per heavy atom. The molecular weight excluding hydrogens is 422 g/mol. The van der Waals surface area contributed by atoms with E-state index in [1.807, 2.05) is 36.4 Å². The first-order chi connectivity index (χ1) is 16.0. The Morgan fingerprint density at radius 3 is 2.36 bits per heavy atom. The third-order valence-corrected chi connectivity index (χ3v) is 5.87. The number of benzene rings is 2. The summed E-state index contributed by atoms with van der Waals surface area (Å²) in [5.41, 5.74) is 1.51. The smallest absolute Gasteiger partial charge is 0.326 e. The summed E-state index contributed by atoms with van der Waals surface area (Å²) in [4.78, 5) is 37.7. The van der Waals surface area contributed by atoms with Gasteiger partial charge >= 0.3 is 5.97 Å². The standard InChI is InChI=1S/C25H31N3O5/c29-22(13-14-26-17-23(30)28-15-7-12-21(28)25(32)33)20(16-18-8-3-1-4-9-18)27-24(31)19-10-5-2-6-11-19/h1-6,8-11,20-22,26,29H,7,12-17H2,(H,27,31)(H,32,33)/t20-,21-,22-/m0/s1. The van der Waals surface area contributed by atoms with Gasteiger partial charge in [-0.15, -0.1) is 0 Å². The van der Waals surface area contributed by atoms with E-state index in [0.717, 1.165) is 5.56 Å². The molecule has 4 N–H and O–H groups in total. The third kappa shape index (κ3) is 7.13. The highest BCUT2D eigenvalue weighted by atomic mass is 16.4. The number of aliphatic hydroxyl groups excluding tert-OH is 1. The quantitative estimate of drug-likeness (QED) is 0.383. The number of nitrogens with one attached hydrogen (secondary N) is 2. The number of aliphatic carboxylic acids is 1. The molecule has 2 aromatic rings. The predicted molar refractivity (Wildman–Crippen MR) is 124 cm³/mol. The zero-order chi connectivity index (χ0) is 23.6. The van der Waals surface area contributed by atoms with Crippen LogP contribution in [-0.4, -0.2) is 70.7 Å². The van der Waals surface area contributed by atoms with Gasteiger partial charge in [-0.2, -0.15) is 0 Å². The van der Waals surface area contributed by atoms with Gasteiger partial charge in [-0.05, 0) is 49.9 Å². The van der Waals surface area contributed by atoms with Crippen LogP contribution in [-0.2, 0) is 16.0 Å². The van der Waals surface area contributed by atoms with Crippen molar-refractivity contribution in [1.29, 1.82) is 0 Å². The lowest BCUT2D eigenvalue weighted by molar-refractivity contribution is -0.147. The molecule has 8 nitrogen and oxygen atoms in total. The van der Waals surface area contributed by atoms with Gasteiger partial charge in [0, 0.05) is 12.1 Å². The fourth-order valence-electron chi connectivity index (χ4n) is 4.06. The zero-order valence-electron chi connectivity index (χ0n) is 18.5. The minimum atomic E-state index is -0.978. The van der Waals surface area contributed by atoms with Crippen LogP contribution in [0.5, 0.6) is 0 Å². The van der Waals surface area contributed by atoms with Gasteiger partial charge in [0.2, 0.25) is 5.91 Å². The Labute approximate surface area is 193 Å². The van der Waals surface area contributed by atoms with E-state index >= 15 is 0 Å². The number of rotatable bonds is 11. The highest BCUT2D eigenvalue weighted by Gasteiger charge is 2.33. The molecule has 1 heterocycles. The number of hydrogen-bond donors (Lipinski definition) is 4. The number of aliphatic hydroxyl groups is 1. The Bertz CT molecular complexity index is 922. The van der Waals surface area contributed by atoms with Crippen molar-refractivity contribution < 1.29 is 24.6 Å². The van der Waals surface area contributed by atoms with Crippen LogP contribution in [0, 0.1) is 0 Å². The Balaban J connectivity index is 1.53. The molecule has 1 saturated heterocycles. The molecule has 0 aromatic heterocycles. The molecule has 3 atom stereocenters. The molecule has 2 amide bonds. The van der Waals surface area contributed by atoms with Crippen molar-refractivity contribution in [2.75, 3.05) is 19.6 Å². The summed E-state index contributed by atoms with van der Waals surface area (Å²) in [6.07, 6.45) is 1.11. The number of hydrogen-bond acceptors (Lipinski definition) is 5. The van der Waals surface area contributed by atoms with E-state index in [0.29, 0.717) is 44.3 Å². The van der Waals surface area contributed by atoms with Crippen molar-refractivity contribution in [3.63, 3.8) is 0 Å². The van der Waals surface area contributed by atoms with Gasteiger partial charge in [-0.3, -0.25) is 9.59 Å². The average molecular weight is 454 g/mol. The summed E-state index contributed by atoms with van der Waals surface area (Å²) in [6, 6.07) is 17.2. The SMILES string of the molecule is O=C(N[C@@H](Cc1ccccc1)[C@@H](O)CCNCC(=O)N1CCC[C@H]1C(=O)O)c1ccccc1. The largest absolute Gasteiger partial charge is 0.480 e. The highest BCUT2D eigenvalue weighted by molar-refractivity contribution is 5.94. The maximum absolute atomic E-state index is 12.7. The van der Waals surface area contributed by atoms with Crippen LogP contribution in [0.2, 0.25) is 0 Å². The van der Waals surface area contributed by atoms with E-state index < -0.39 is 24.2 Å². The van der Waals surface area contributed by atoms with Crippen LogP contribution >= 0.6 is 0 Å². The molecule has 1 aliphatic heterocycles. The van der Waals surface area contributed by atoms with Crippen LogP contribution in [0.15, 0.2) is 60.7 Å². The van der Waals surface area contributed by atoms with Crippen molar-refractivity contribution in [2.24, 2.45) is 0 Å². The number of carbonyl (C=O) groups excluding carboxylic acids is 2. The van der Waals surface area contributed by atoms with Gasteiger partial charge in [0.25, 0.3) is 5.91 Å². The fourth-order valence-corrected chi connectivity index (χ4v) is 4.06. The van der Waals surface area contributed by atoms with E-state index in [2.05, 4.69) is 10.6 Å². The minimum absolute atomic E-state index is 0.0101. The maximum atomic E-state index is 12.7. The van der Waals surface area contributed by atoms with Gasteiger partial charge in [0.15, 0.2) is 0 Å². The number of likely N-dealkylation sites (tertiary alicyclic amines) is 1. The molecule has 0 radical (unpaired) electrons. The van der Waals surface area contributed by atoms with Crippen LogP contribution in [0.4, 0.5) is 0 Å². The fraction of sp³-hybridized carbons (Fsp3) is 0.400. The van der Waals surface area contributed by atoms with Gasteiger partial charge < -0.3 is 25.7 Å². The van der Waals surface area contributed by atoms with E-state index in [9.17, 15) is 24.6 Å². The van der Waals surface area contributed by atoms with E-state index in [1.165, 1.54) is 4.90 Å². The first-order valence-corrected chi connectivity index (χ1v) is 11.3. The molecule has 0 spiro atoms. The second kappa shape index (κ2) is 12.1. The summed E-state index contributed by atoms with van der Waals surface area (Å²) >= 11 is 0. The number of carboxylic acid groups (broad SMARTS) is 1. The molecule has 3 rings (SSSR count). The molecular formula is C25H31N3O5. The maximum Gasteiger partial charge on any atom is 0.326 e. The summed E-state index contributed by atoms with van der Waals surface area (Å²) in [7, 11) is 0. The summed E-state index contributed by atoms with van der Waals surface area (Å²) < 4.78 is 0. The van der Waals surface area contributed by atoms with E-state index in [4.69, 9.17) is 0 Å². The number of nitrogens with zero attached hydrogens (tertiary/aromatic N) is 1. The lowest BCUT2D eigenvalue weighted by Gasteiger charge is -2.25. The van der Waals surface area contributed by atoms with Crippen molar-refractivity contribution in [1.82, 2.24) is 15.5 Å². The predicted octanol–water partition coefficient (Wildman–Crippen LogP) is 1.44. The number of carboxylic acids is 1.